The first-order valence-corrected chi connectivity index (χ1v) is 10.3. The van der Waals surface area contributed by atoms with Gasteiger partial charge in [0.15, 0.2) is 0 Å². The smallest absolute Gasteiger partial charge is 0.308 e. The molecule has 4 aromatic carbocycles. The zero-order chi connectivity index (χ0) is 21.2. The van der Waals surface area contributed by atoms with Gasteiger partial charge in [0.1, 0.15) is 5.75 Å². The van der Waals surface area contributed by atoms with Gasteiger partial charge >= 0.3 is 5.97 Å². The molecule has 0 unspecified atom stereocenters. The Bertz CT molecular complexity index is 1440. The highest BCUT2D eigenvalue weighted by Gasteiger charge is 2.51. The van der Waals surface area contributed by atoms with Gasteiger partial charge in [0.05, 0.1) is 5.41 Å². The Kier molecular flexibility index (Phi) is 3.55. The molecule has 0 saturated heterocycles. The summed E-state index contributed by atoms with van der Waals surface area (Å²) in [5.41, 5.74) is 9.85. The molecule has 1 spiro atoms. The lowest BCUT2D eigenvalue weighted by Gasteiger charge is -2.30. The van der Waals surface area contributed by atoms with E-state index in [2.05, 4.69) is 72.7 Å². The molecule has 4 aromatic rings. The second kappa shape index (κ2) is 6.20. The third-order valence-corrected chi connectivity index (χ3v) is 6.49. The van der Waals surface area contributed by atoms with Crippen LogP contribution in [-0.4, -0.2) is 5.97 Å². The molecule has 0 fully saturated rings. The molecular formula is C29H18O2. The number of terminal acetylenes is 1. The molecule has 146 valence electrons. The minimum absolute atomic E-state index is 0.327. The molecule has 0 heterocycles. The van der Waals surface area contributed by atoms with Crippen LogP contribution in [0.3, 0.4) is 0 Å². The summed E-state index contributed by atoms with van der Waals surface area (Å²) >= 11 is 0. The molecule has 2 heteroatoms. The van der Waals surface area contributed by atoms with Crippen LogP contribution in [0, 0.1) is 12.3 Å². The van der Waals surface area contributed by atoms with Crippen molar-refractivity contribution in [3.8, 4) is 40.3 Å². The fourth-order valence-electron chi connectivity index (χ4n) is 5.44. The van der Waals surface area contributed by atoms with Crippen molar-refractivity contribution in [2.45, 2.75) is 12.3 Å². The van der Waals surface area contributed by atoms with E-state index in [-0.39, 0.29) is 5.97 Å². The molecule has 0 N–H and O–H groups in total. The number of carbonyl (C=O) groups excluding carboxylic acids is 1. The van der Waals surface area contributed by atoms with Gasteiger partial charge in [-0.25, -0.2) is 0 Å². The van der Waals surface area contributed by atoms with Gasteiger partial charge in [-0.05, 0) is 68.8 Å². The summed E-state index contributed by atoms with van der Waals surface area (Å²) in [6.45, 7) is 1.43. The molecule has 31 heavy (non-hydrogen) atoms. The zero-order valence-corrected chi connectivity index (χ0v) is 17.0. The van der Waals surface area contributed by atoms with Crippen molar-refractivity contribution in [2.75, 3.05) is 0 Å². The average molecular weight is 398 g/mol. The van der Waals surface area contributed by atoms with Gasteiger partial charge < -0.3 is 4.74 Å². The van der Waals surface area contributed by atoms with Crippen molar-refractivity contribution in [2.24, 2.45) is 0 Å². The molecule has 0 aliphatic heterocycles. The van der Waals surface area contributed by atoms with Crippen molar-refractivity contribution >= 4 is 5.97 Å². The monoisotopic (exact) mass is 398 g/mol. The Morgan fingerprint density at radius 2 is 1.29 bits per heavy atom. The number of hydrogen-bond donors (Lipinski definition) is 0. The van der Waals surface area contributed by atoms with Crippen molar-refractivity contribution in [1.29, 1.82) is 0 Å². The van der Waals surface area contributed by atoms with Crippen molar-refractivity contribution in [3.63, 3.8) is 0 Å². The minimum Gasteiger partial charge on any atom is -0.427 e. The second-order valence-electron chi connectivity index (χ2n) is 8.05. The molecule has 0 amide bonds. The highest BCUT2D eigenvalue weighted by Crippen LogP contribution is 2.63. The molecule has 1 atom stereocenters. The predicted octanol–water partition coefficient (Wildman–Crippen LogP) is 5.94. The van der Waals surface area contributed by atoms with Crippen LogP contribution >= 0.6 is 0 Å². The molecule has 2 nitrogen and oxygen atoms in total. The standard InChI is InChI=1S/C29H18O2/c1-3-19-12-14-23-21-8-4-6-10-25(21)29(27(23)16-19)26-11-7-5-9-22(26)24-15-13-20(17-28(24)29)31-18(2)30/h1,4-17H,2H3/t29-/m1/s1. The Morgan fingerprint density at radius 3 is 1.90 bits per heavy atom. The van der Waals surface area contributed by atoms with Crippen LogP contribution in [-0.2, 0) is 10.2 Å². The van der Waals surface area contributed by atoms with Gasteiger partial charge in [0.25, 0.3) is 0 Å². The summed E-state index contributed by atoms with van der Waals surface area (Å²) in [5.74, 6) is 3.03. The molecular weight excluding hydrogens is 380 g/mol. The largest absolute Gasteiger partial charge is 0.427 e. The summed E-state index contributed by atoms with van der Waals surface area (Å²) in [5, 5.41) is 0. The maximum absolute atomic E-state index is 11.7. The first kappa shape index (κ1) is 17.7. The fourth-order valence-corrected chi connectivity index (χ4v) is 5.44. The van der Waals surface area contributed by atoms with E-state index in [9.17, 15) is 4.79 Å². The summed E-state index contributed by atoms with van der Waals surface area (Å²) in [6.07, 6.45) is 5.80. The van der Waals surface area contributed by atoms with Crippen LogP contribution in [0.2, 0.25) is 0 Å². The first-order chi connectivity index (χ1) is 15.1. The minimum atomic E-state index is -0.499. The van der Waals surface area contributed by atoms with E-state index in [4.69, 9.17) is 11.2 Å². The van der Waals surface area contributed by atoms with Gasteiger partial charge in [0.2, 0.25) is 0 Å². The Labute approximate surface area is 181 Å². The summed E-state index contributed by atoms with van der Waals surface area (Å²) in [4.78, 5) is 11.7. The van der Waals surface area contributed by atoms with E-state index in [1.807, 2.05) is 18.2 Å². The van der Waals surface area contributed by atoms with E-state index in [0.29, 0.717) is 5.75 Å². The lowest BCUT2D eigenvalue weighted by molar-refractivity contribution is -0.131. The molecule has 0 aromatic heterocycles. The highest BCUT2D eigenvalue weighted by atomic mass is 16.5. The van der Waals surface area contributed by atoms with E-state index in [1.165, 1.54) is 40.3 Å². The van der Waals surface area contributed by atoms with E-state index in [1.54, 1.807) is 0 Å². The maximum atomic E-state index is 11.7. The SMILES string of the molecule is C#Cc1ccc2c(c1)[C@@]1(c3ccccc3-2)c2ccccc2-c2ccc(OC(C)=O)cc21. The Balaban J connectivity index is 1.79. The number of esters is 1. The third-order valence-electron chi connectivity index (χ3n) is 6.49. The van der Waals surface area contributed by atoms with E-state index >= 15 is 0 Å². The Hall–Kier alpha value is -4.09. The van der Waals surface area contributed by atoms with Gasteiger partial charge in [-0.1, -0.05) is 66.6 Å². The summed E-state index contributed by atoms with van der Waals surface area (Å²) < 4.78 is 5.49. The quantitative estimate of drug-likeness (QED) is 0.195. The normalized spacial score (nSPS) is 16.8. The van der Waals surface area contributed by atoms with Gasteiger partial charge in [-0.3, -0.25) is 4.79 Å². The third kappa shape index (κ3) is 2.21. The van der Waals surface area contributed by atoms with E-state index in [0.717, 1.165) is 16.7 Å². The second-order valence-corrected chi connectivity index (χ2v) is 8.05. The molecule has 2 aliphatic rings. The fraction of sp³-hybridized carbons (Fsp3) is 0.0690. The molecule has 6 rings (SSSR count). The van der Waals surface area contributed by atoms with Crippen LogP contribution in [0.5, 0.6) is 5.75 Å². The number of rotatable bonds is 1. The van der Waals surface area contributed by atoms with E-state index < -0.39 is 5.41 Å². The Morgan fingerprint density at radius 1 is 0.742 bits per heavy atom. The maximum Gasteiger partial charge on any atom is 0.308 e. The van der Waals surface area contributed by atoms with Crippen LogP contribution in [0.1, 0.15) is 34.7 Å². The number of hydrogen-bond acceptors (Lipinski definition) is 2. The van der Waals surface area contributed by atoms with Gasteiger partial charge in [-0.15, -0.1) is 6.42 Å². The van der Waals surface area contributed by atoms with Gasteiger partial charge in [-0.2, -0.15) is 0 Å². The van der Waals surface area contributed by atoms with Crippen LogP contribution in [0.25, 0.3) is 22.3 Å². The lowest BCUT2D eigenvalue weighted by Crippen LogP contribution is -2.26. The lowest BCUT2D eigenvalue weighted by atomic mass is 9.70. The predicted molar refractivity (Wildman–Crippen MR) is 122 cm³/mol. The van der Waals surface area contributed by atoms with Crippen molar-refractivity contribution in [1.82, 2.24) is 0 Å². The van der Waals surface area contributed by atoms with Crippen LogP contribution < -0.4 is 4.74 Å². The average Bonchev–Trinajstić information content (AvgIpc) is 3.25. The molecule has 0 bridgehead atoms. The highest BCUT2D eigenvalue weighted by molar-refractivity contribution is 5.95. The van der Waals surface area contributed by atoms with Crippen molar-refractivity contribution < 1.29 is 9.53 Å². The van der Waals surface area contributed by atoms with Crippen molar-refractivity contribution in [3.05, 3.63) is 113 Å². The number of ether oxygens (including phenoxy) is 1. The number of fused-ring (bicyclic) bond motifs is 10. The number of carbonyl (C=O) groups is 1. The zero-order valence-electron chi connectivity index (χ0n) is 17.0. The summed E-state index contributed by atoms with van der Waals surface area (Å²) in [6, 6.07) is 29.3. The molecule has 0 saturated carbocycles. The van der Waals surface area contributed by atoms with Crippen LogP contribution in [0.4, 0.5) is 0 Å². The van der Waals surface area contributed by atoms with Gasteiger partial charge in [0, 0.05) is 12.5 Å². The van der Waals surface area contributed by atoms with Crippen LogP contribution in [0.15, 0.2) is 84.9 Å². The topological polar surface area (TPSA) is 26.3 Å². The number of benzene rings is 4. The molecule has 0 radical (unpaired) electrons. The first-order valence-electron chi connectivity index (χ1n) is 10.3. The molecule has 2 aliphatic carbocycles. The summed E-state index contributed by atoms with van der Waals surface area (Å²) in [7, 11) is 0.